The van der Waals surface area contributed by atoms with E-state index in [2.05, 4.69) is 20.9 Å². The van der Waals surface area contributed by atoms with Gasteiger partial charge in [-0.1, -0.05) is 0 Å². The molecule has 0 aromatic carbocycles. The average Bonchev–Trinajstić information content (AvgIpc) is 2.29. The Morgan fingerprint density at radius 1 is 1.35 bits per heavy atom. The summed E-state index contributed by atoms with van der Waals surface area (Å²) in [6, 6.07) is 1.68. The first kappa shape index (κ1) is 12.9. The van der Waals surface area contributed by atoms with E-state index in [-0.39, 0.29) is 10.9 Å². The van der Waals surface area contributed by atoms with Crippen LogP contribution in [-0.2, 0) is 10.0 Å². The van der Waals surface area contributed by atoms with Gasteiger partial charge in [-0.25, -0.2) is 8.42 Å². The van der Waals surface area contributed by atoms with Crippen molar-refractivity contribution in [2.45, 2.75) is 23.8 Å². The first-order valence-electron chi connectivity index (χ1n) is 5.36. The van der Waals surface area contributed by atoms with Gasteiger partial charge in [-0.05, 0) is 34.8 Å². The van der Waals surface area contributed by atoms with Crippen molar-refractivity contribution in [3.05, 3.63) is 22.9 Å². The van der Waals surface area contributed by atoms with Crippen molar-refractivity contribution >= 4 is 26.0 Å². The topological polar surface area (TPSA) is 76.3 Å². The minimum Gasteiger partial charge on any atom is -0.328 e. The van der Waals surface area contributed by atoms with Gasteiger partial charge < -0.3 is 5.73 Å². The summed E-state index contributed by atoms with van der Waals surface area (Å²) in [5, 5.41) is 0. The highest BCUT2D eigenvalue weighted by molar-refractivity contribution is 9.10. The Morgan fingerprint density at radius 3 is 2.59 bits per heavy atom. The fourth-order valence-electron chi connectivity index (χ4n) is 1.80. The Kier molecular flexibility index (Phi) is 3.82. The van der Waals surface area contributed by atoms with E-state index in [1.165, 1.54) is 10.5 Å². The lowest BCUT2D eigenvalue weighted by atomic mass is 10.1. The van der Waals surface area contributed by atoms with E-state index >= 15 is 0 Å². The van der Waals surface area contributed by atoms with Crippen LogP contribution in [0.2, 0.25) is 0 Å². The standard InChI is InChI=1S/C10H14BrN3O2S/c11-8-5-10(7-13-6-8)17(15,16)14-3-1-9(12)2-4-14/h5-7,9H,1-4,12H2. The van der Waals surface area contributed by atoms with Crippen molar-refractivity contribution < 1.29 is 8.42 Å². The maximum atomic E-state index is 12.3. The normalized spacial score (nSPS) is 19.4. The number of aromatic nitrogens is 1. The van der Waals surface area contributed by atoms with E-state index in [4.69, 9.17) is 5.73 Å². The summed E-state index contributed by atoms with van der Waals surface area (Å²) in [4.78, 5) is 4.11. The first-order valence-corrected chi connectivity index (χ1v) is 7.60. The zero-order valence-corrected chi connectivity index (χ0v) is 11.6. The molecule has 0 atom stereocenters. The Hall–Kier alpha value is -0.500. The van der Waals surface area contributed by atoms with Gasteiger partial charge in [0.2, 0.25) is 10.0 Å². The summed E-state index contributed by atoms with van der Waals surface area (Å²) in [5.41, 5.74) is 5.76. The molecule has 1 aliphatic heterocycles. The largest absolute Gasteiger partial charge is 0.328 e. The minimum absolute atomic E-state index is 0.113. The van der Waals surface area contributed by atoms with Gasteiger partial charge >= 0.3 is 0 Å². The fourth-order valence-corrected chi connectivity index (χ4v) is 3.77. The van der Waals surface area contributed by atoms with Gasteiger partial charge in [0.05, 0.1) is 0 Å². The molecule has 7 heteroatoms. The molecular formula is C10H14BrN3O2S. The minimum atomic E-state index is -3.42. The van der Waals surface area contributed by atoms with Crippen LogP contribution in [0, 0.1) is 0 Å². The maximum absolute atomic E-state index is 12.3. The van der Waals surface area contributed by atoms with E-state index in [1.807, 2.05) is 0 Å². The quantitative estimate of drug-likeness (QED) is 0.880. The molecule has 2 rings (SSSR count). The third kappa shape index (κ3) is 2.85. The lowest BCUT2D eigenvalue weighted by Crippen LogP contribution is -2.42. The van der Waals surface area contributed by atoms with Crippen LogP contribution >= 0.6 is 15.9 Å². The maximum Gasteiger partial charge on any atom is 0.244 e. The second-order valence-corrected chi connectivity index (χ2v) is 6.93. The van der Waals surface area contributed by atoms with Gasteiger partial charge in [0, 0.05) is 36.0 Å². The Bertz CT molecular complexity index is 498. The van der Waals surface area contributed by atoms with Gasteiger partial charge in [-0.2, -0.15) is 4.31 Å². The molecule has 5 nitrogen and oxygen atoms in total. The number of sulfonamides is 1. The molecule has 1 fully saturated rings. The predicted molar refractivity (Wildman–Crippen MR) is 67.9 cm³/mol. The Balaban J connectivity index is 2.25. The summed E-state index contributed by atoms with van der Waals surface area (Å²) < 4.78 is 26.7. The van der Waals surface area contributed by atoms with Crippen molar-refractivity contribution in [3.63, 3.8) is 0 Å². The molecule has 2 heterocycles. The second-order valence-electron chi connectivity index (χ2n) is 4.08. The first-order chi connectivity index (χ1) is 8.00. The summed E-state index contributed by atoms with van der Waals surface area (Å²) in [6.07, 6.45) is 4.35. The SMILES string of the molecule is NC1CCN(S(=O)(=O)c2cncc(Br)c2)CC1. The molecule has 0 amide bonds. The molecule has 0 unspecified atom stereocenters. The summed E-state index contributed by atoms with van der Waals surface area (Å²) in [5.74, 6) is 0. The lowest BCUT2D eigenvalue weighted by molar-refractivity contribution is 0.320. The molecule has 17 heavy (non-hydrogen) atoms. The number of hydrogen-bond donors (Lipinski definition) is 1. The molecule has 1 aliphatic rings. The van der Waals surface area contributed by atoms with Crippen LogP contribution in [0.3, 0.4) is 0 Å². The molecule has 1 saturated heterocycles. The van der Waals surface area contributed by atoms with E-state index in [0.29, 0.717) is 30.4 Å². The van der Waals surface area contributed by atoms with Crippen molar-refractivity contribution in [1.29, 1.82) is 0 Å². The summed E-state index contributed by atoms with van der Waals surface area (Å²) in [6.45, 7) is 0.964. The summed E-state index contributed by atoms with van der Waals surface area (Å²) >= 11 is 3.22. The van der Waals surface area contributed by atoms with E-state index in [9.17, 15) is 8.42 Å². The lowest BCUT2D eigenvalue weighted by Gasteiger charge is -2.29. The zero-order valence-electron chi connectivity index (χ0n) is 9.21. The van der Waals surface area contributed by atoms with Crippen molar-refractivity contribution in [2.75, 3.05) is 13.1 Å². The summed E-state index contributed by atoms with van der Waals surface area (Å²) in [7, 11) is -3.42. The highest BCUT2D eigenvalue weighted by Gasteiger charge is 2.28. The van der Waals surface area contributed by atoms with Crippen molar-refractivity contribution in [1.82, 2.24) is 9.29 Å². The molecule has 0 spiro atoms. The molecule has 1 aromatic rings. The predicted octanol–water partition coefficient (Wildman–Crippen LogP) is 0.956. The van der Waals surface area contributed by atoms with Gasteiger partial charge in [0.1, 0.15) is 4.90 Å². The zero-order chi connectivity index (χ0) is 12.5. The van der Waals surface area contributed by atoms with Gasteiger partial charge in [-0.3, -0.25) is 4.98 Å². The van der Waals surface area contributed by atoms with Gasteiger partial charge in [0.25, 0.3) is 0 Å². The molecule has 1 aromatic heterocycles. The Labute approximate surface area is 109 Å². The Morgan fingerprint density at radius 2 is 2.00 bits per heavy atom. The van der Waals surface area contributed by atoms with E-state index in [0.717, 1.165) is 0 Å². The number of nitrogens with two attached hydrogens (primary N) is 1. The van der Waals surface area contributed by atoms with Crippen molar-refractivity contribution in [2.24, 2.45) is 5.73 Å². The van der Waals surface area contributed by atoms with Crippen LogP contribution in [0.4, 0.5) is 0 Å². The number of halogens is 1. The highest BCUT2D eigenvalue weighted by atomic mass is 79.9. The molecule has 0 saturated carbocycles. The molecule has 94 valence electrons. The van der Waals surface area contributed by atoms with Crippen molar-refractivity contribution in [3.8, 4) is 0 Å². The fraction of sp³-hybridized carbons (Fsp3) is 0.500. The molecule has 0 bridgehead atoms. The highest BCUT2D eigenvalue weighted by Crippen LogP contribution is 2.21. The third-order valence-electron chi connectivity index (χ3n) is 2.82. The van der Waals surface area contributed by atoms with Gasteiger partial charge in [-0.15, -0.1) is 0 Å². The van der Waals surface area contributed by atoms with Crippen LogP contribution in [0.1, 0.15) is 12.8 Å². The average molecular weight is 320 g/mol. The monoisotopic (exact) mass is 319 g/mol. The molecular weight excluding hydrogens is 306 g/mol. The number of nitrogens with zero attached hydrogens (tertiary/aromatic N) is 2. The smallest absolute Gasteiger partial charge is 0.244 e. The second kappa shape index (κ2) is 5.01. The van der Waals surface area contributed by atoms with Crippen LogP contribution in [0.25, 0.3) is 0 Å². The number of rotatable bonds is 2. The third-order valence-corrected chi connectivity index (χ3v) is 5.11. The van der Waals surface area contributed by atoms with E-state index in [1.54, 1.807) is 12.3 Å². The van der Waals surface area contributed by atoms with Crippen LogP contribution in [-0.4, -0.2) is 36.8 Å². The van der Waals surface area contributed by atoms with Gasteiger partial charge in [0.15, 0.2) is 0 Å². The molecule has 2 N–H and O–H groups in total. The van der Waals surface area contributed by atoms with Crippen LogP contribution < -0.4 is 5.73 Å². The van der Waals surface area contributed by atoms with E-state index < -0.39 is 10.0 Å². The number of piperidine rings is 1. The van der Waals surface area contributed by atoms with Crippen LogP contribution in [0.5, 0.6) is 0 Å². The molecule has 0 aliphatic carbocycles. The molecule has 0 radical (unpaired) electrons. The number of hydrogen-bond acceptors (Lipinski definition) is 4. The number of pyridine rings is 1. The van der Waals surface area contributed by atoms with Crippen LogP contribution in [0.15, 0.2) is 27.8 Å².